The second-order valence-electron chi connectivity index (χ2n) is 7.85. The van der Waals surface area contributed by atoms with E-state index in [0.717, 1.165) is 17.6 Å². The minimum absolute atomic E-state index is 0.00590. The third-order valence-corrected chi connectivity index (χ3v) is 5.55. The Bertz CT molecular complexity index is 1270. The summed E-state index contributed by atoms with van der Waals surface area (Å²) < 4.78 is 13.6. The van der Waals surface area contributed by atoms with E-state index < -0.39 is 0 Å². The summed E-state index contributed by atoms with van der Waals surface area (Å²) >= 11 is 0. The van der Waals surface area contributed by atoms with Crippen LogP contribution < -0.4 is 15.0 Å². The van der Waals surface area contributed by atoms with Crippen LogP contribution in [0.2, 0.25) is 0 Å². The molecule has 5 rings (SSSR count). The van der Waals surface area contributed by atoms with Gasteiger partial charge in [0.25, 0.3) is 0 Å². The maximum absolute atomic E-state index is 11.4. The van der Waals surface area contributed by atoms with Crippen LogP contribution in [-0.2, 0) is 4.79 Å². The van der Waals surface area contributed by atoms with Crippen molar-refractivity contribution < 1.29 is 19.1 Å². The molecule has 0 aromatic carbocycles. The van der Waals surface area contributed by atoms with Crippen LogP contribution in [0.5, 0.6) is 5.88 Å². The molecule has 5 heterocycles. The average Bonchev–Trinajstić information content (AvgIpc) is 3.52. The maximum Gasteiger partial charge on any atom is 0.231 e. The predicted octanol–water partition coefficient (Wildman–Crippen LogP) is 2.01. The number of fused-ring (bicyclic) bond motifs is 2. The van der Waals surface area contributed by atoms with Crippen LogP contribution >= 0.6 is 0 Å². The van der Waals surface area contributed by atoms with Gasteiger partial charge in [-0.25, -0.2) is 14.5 Å². The predicted molar refractivity (Wildman–Crippen MR) is 118 cm³/mol. The van der Waals surface area contributed by atoms with Crippen molar-refractivity contribution in [1.29, 1.82) is 0 Å². The fraction of sp³-hybridized carbons (Fsp3) is 0.364. The number of pyridine rings is 1. The third-order valence-electron chi connectivity index (χ3n) is 5.55. The summed E-state index contributed by atoms with van der Waals surface area (Å²) in [5.41, 5.74) is 2.07. The third kappa shape index (κ3) is 3.84. The molecule has 0 bridgehead atoms. The molecule has 2 N–H and O–H groups in total. The van der Waals surface area contributed by atoms with Crippen LogP contribution in [0.4, 0.5) is 5.82 Å². The first-order valence-electron chi connectivity index (χ1n) is 10.6. The summed E-state index contributed by atoms with van der Waals surface area (Å²) in [5, 5.41) is 17.5. The molecule has 10 heteroatoms. The van der Waals surface area contributed by atoms with Gasteiger partial charge in [-0.05, 0) is 31.0 Å². The lowest BCUT2D eigenvalue weighted by atomic mass is 10.2. The number of rotatable bonds is 8. The summed E-state index contributed by atoms with van der Waals surface area (Å²) in [6, 6.07) is 7.35. The van der Waals surface area contributed by atoms with Crippen molar-refractivity contribution in [3.63, 3.8) is 0 Å². The number of hydrogen-bond donors (Lipinski definition) is 2. The number of aromatic nitrogens is 4. The SMILES string of the molecule is CN(CCCO)c1nccc2oc(-c3cnc4ccc(OCC5CCC(=O)N5)nn34)cc12. The van der Waals surface area contributed by atoms with Crippen molar-refractivity contribution in [3.8, 4) is 17.3 Å². The second kappa shape index (κ2) is 8.46. The molecule has 0 spiro atoms. The van der Waals surface area contributed by atoms with Gasteiger partial charge < -0.3 is 24.5 Å². The molecular formula is C22H24N6O4. The highest BCUT2D eigenvalue weighted by Crippen LogP contribution is 2.32. The summed E-state index contributed by atoms with van der Waals surface area (Å²) in [6.07, 6.45) is 5.37. The van der Waals surface area contributed by atoms with Crippen LogP contribution in [0.15, 0.2) is 41.1 Å². The molecule has 1 amide bonds. The zero-order chi connectivity index (χ0) is 22.1. The van der Waals surface area contributed by atoms with Gasteiger partial charge in [0.2, 0.25) is 11.8 Å². The Balaban J connectivity index is 1.44. The lowest BCUT2D eigenvalue weighted by molar-refractivity contribution is -0.119. The van der Waals surface area contributed by atoms with E-state index >= 15 is 0 Å². The normalized spacial score (nSPS) is 16.1. The molecule has 1 unspecified atom stereocenters. The average molecular weight is 436 g/mol. The lowest BCUT2D eigenvalue weighted by Gasteiger charge is -2.17. The van der Waals surface area contributed by atoms with Crippen LogP contribution in [0.1, 0.15) is 19.3 Å². The van der Waals surface area contributed by atoms with Crippen LogP contribution in [0.3, 0.4) is 0 Å². The minimum Gasteiger partial charge on any atom is -0.474 e. The van der Waals surface area contributed by atoms with E-state index in [1.807, 2.05) is 30.1 Å². The number of ether oxygens (including phenoxy) is 1. The number of aliphatic hydroxyl groups is 1. The Morgan fingerprint density at radius 1 is 1.34 bits per heavy atom. The fourth-order valence-electron chi connectivity index (χ4n) is 3.88. The molecule has 4 aromatic rings. The van der Waals surface area contributed by atoms with Crippen molar-refractivity contribution in [2.45, 2.75) is 25.3 Å². The van der Waals surface area contributed by atoms with Gasteiger partial charge in [0, 0.05) is 38.9 Å². The molecule has 0 radical (unpaired) electrons. The number of imidazole rings is 1. The Morgan fingerprint density at radius 3 is 3.06 bits per heavy atom. The van der Waals surface area contributed by atoms with E-state index in [1.165, 1.54) is 0 Å². The monoisotopic (exact) mass is 436 g/mol. The molecule has 1 fully saturated rings. The molecule has 32 heavy (non-hydrogen) atoms. The van der Waals surface area contributed by atoms with Gasteiger partial charge in [0.05, 0.1) is 17.6 Å². The molecule has 4 aromatic heterocycles. The Kier molecular flexibility index (Phi) is 5.36. The number of nitrogens with zero attached hydrogens (tertiary/aromatic N) is 5. The van der Waals surface area contributed by atoms with Crippen molar-refractivity contribution in [3.05, 3.63) is 36.7 Å². The number of hydrogen-bond acceptors (Lipinski definition) is 8. The molecule has 1 saturated heterocycles. The summed E-state index contributed by atoms with van der Waals surface area (Å²) in [4.78, 5) is 22.3. The van der Waals surface area contributed by atoms with Crippen molar-refractivity contribution in [2.75, 3.05) is 31.7 Å². The van der Waals surface area contributed by atoms with Gasteiger partial charge in [-0.3, -0.25) is 4.79 Å². The number of carbonyl (C=O) groups excluding carboxylic acids is 1. The van der Waals surface area contributed by atoms with E-state index in [4.69, 9.17) is 14.3 Å². The summed E-state index contributed by atoms with van der Waals surface area (Å²) in [5.74, 6) is 1.90. The first-order chi connectivity index (χ1) is 15.6. The molecular weight excluding hydrogens is 412 g/mol. The second-order valence-corrected chi connectivity index (χ2v) is 7.85. The number of carbonyl (C=O) groups is 1. The number of amides is 1. The number of furan rings is 1. The highest BCUT2D eigenvalue weighted by Gasteiger charge is 2.22. The smallest absolute Gasteiger partial charge is 0.231 e. The van der Waals surface area contributed by atoms with Gasteiger partial charge in [-0.15, -0.1) is 5.10 Å². The van der Waals surface area contributed by atoms with E-state index in [2.05, 4.69) is 20.4 Å². The van der Waals surface area contributed by atoms with Gasteiger partial charge >= 0.3 is 0 Å². The molecule has 1 aliphatic rings. The van der Waals surface area contributed by atoms with E-state index in [1.54, 1.807) is 23.0 Å². The fourth-order valence-corrected chi connectivity index (χ4v) is 3.88. The van der Waals surface area contributed by atoms with E-state index in [9.17, 15) is 4.79 Å². The van der Waals surface area contributed by atoms with Crippen molar-refractivity contribution >= 4 is 28.3 Å². The highest BCUT2D eigenvalue weighted by atomic mass is 16.5. The Morgan fingerprint density at radius 2 is 2.25 bits per heavy atom. The molecule has 0 saturated carbocycles. The van der Waals surface area contributed by atoms with Gasteiger partial charge in [0.1, 0.15) is 23.7 Å². The number of nitrogens with one attached hydrogen (secondary N) is 1. The number of anilines is 1. The first kappa shape index (κ1) is 20.3. The molecule has 0 aliphatic carbocycles. The Hall–Kier alpha value is -3.66. The molecule has 166 valence electrons. The van der Waals surface area contributed by atoms with Crippen molar-refractivity contribution in [1.82, 2.24) is 24.9 Å². The summed E-state index contributed by atoms with van der Waals surface area (Å²) in [7, 11) is 1.94. The highest BCUT2D eigenvalue weighted by molar-refractivity contribution is 5.91. The van der Waals surface area contributed by atoms with Crippen LogP contribution in [0.25, 0.3) is 28.1 Å². The first-order valence-corrected chi connectivity index (χ1v) is 10.6. The van der Waals surface area contributed by atoms with Gasteiger partial charge in [-0.1, -0.05) is 0 Å². The van der Waals surface area contributed by atoms with Gasteiger partial charge in [-0.2, -0.15) is 0 Å². The topological polar surface area (TPSA) is 118 Å². The quantitative estimate of drug-likeness (QED) is 0.431. The van der Waals surface area contributed by atoms with E-state index in [-0.39, 0.29) is 18.6 Å². The largest absolute Gasteiger partial charge is 0.474 e. The minimum atomic E-state index is 0.00590. The molecule has 10 nitrogen and oxygen atoms in total. The van der Waals surface area contributed by atoms with Crippen LogP contribution in [-0.4, -0.2) is 63.4 Å². The summed E-state index contributed by atoms with van der Waals surface area (Å²) in [6.45, 7) is 1.18. The van der Waals surface area contributed by atoms with Crippen molar-refractivity contribution in [2.24, 2.45) is 0 Å². The standard InChI is InChI=1S/C22H24N6O4/c1-27(9-2-10-29)22-15-11-18(32-17(15)7-8-23-22)16-12-24-19-4-6-21(26-28(16)19)31-13-14-3-5-20(30)25-14/h4,6-8,11-12,14,29H,2-3,5,9-10,13H2,1H3,(H,25,30). The zero-order valence-electron chi connectivity index (χ0n) is 17.7. The Labute approximate surface area is 183 Å². The van der Waals surface area contributed by atoms with Gasteiger partial charge in [0.15, 0.2) is 11.4 Å². The lowest BCUT2D eigenvalue weighted by Crippen LogP contribution is -2.31. The zero-order valence-corrected chi connectivity index (χ0v) is 17.7. The maximum atomic E-state index is 11.4. The molecule has 1 atom stereocenters. The molecule has 1 aliphatic heterocycles. The van der Waals surface area contributed by atoms with E-state index in [0.29, 0.717) is 54.6 Å². The number of aliphatic hydroxyl groups excluding tert-OH is 1. The van der Waals surface area contributed by atoms with Crippen LogP contribution in [0, 0.1) is 0 Å².